The summed E-state index contributed by atoms with van der Waals surface area (Å²) in [4.78, 5) is 73.2. The molecule has 0 aromatic rings. The molecule has 0 saturated heterocycles. The highest BCUT2D eigenvalue weighted by Crippen LogP contribution is 2.45. The van der Waals surface area contributed by atoms with Crippen LogP contribution < -0.4 is 0 Å². The highest BCUT2D eigenvalue weighted by molar-refractivity contribution is 7.47. The van der Waals surface area contributed by atoms with Gasteiger partial charge in [0.15, 0.2) is 12.2 Å². The molecule has 108 heavy (non-hydrogen) atoms. The normalized spacial score (nSPS) is 14.5. The molecule has 19 heteroatoms. The van der Waals surface area contributed by atoms with Gasteiger partial charge in [0.1, 0.15) is 19.3 Å². The Labute approximate surface area is 656 Å². The van der Waals surface area contributed by atoms with Crippen molar-refractivity contribution >= 4 is 39.5 Å². The number of aliphatic hydroxyl groups excluding tert-OH is 1. The van der Waals surface area contributed by atoms with E-state index in [0.717, 1.165) is 180 Å². The van der Waals surface area contributed by atoms with E-state index in [1.807, 2.05) is 0 Å². The Bertz CT molecular complexity index is 2610. The molecular formula is C89H150O17P2. The van der Waals surface area contributed by atoms with E-state index in [1.165, 1.54) is 77.0 Å². The summed E-state index contributed by atoms with van der Waals surface area (Å²) in [5, 5.41) is 10.7. The molecule has 0 saturated carbocycles. The standard InChI is InChI=1S/C89H150O17P2/c1-5-9-13-17-21-25-29-33-37-39-41-43-47-50-54-58-62-66-70-74-87(92)100-80-85(106-89(94)76-72-68-64-60-56-52-48-44-42-40-38-34-30-26-22-18-14-10-6-2)82-104-108(97,98)102-78-83(90)77-101-107(95,96)103-81-84(105-88(93)75-71-67-63-59-55-51-46-36-32-28-24-20-16-12-8-4)79-99-86(91)73-69-65-61-57-53-49-45-35-31-27-23-19-15-11-7-3/h9-10,13-14,21-22,25-26,33-38,41-46,50,52,54,56,83-85,90H,5-8,11-12,15-20,23-24,27-32,39-40,47-49,51,53,55,57-82H2,1-4H3,(H,95,96)(H,97,98)/b13-9-,14-10-,25-21-,26-22-,37-33-,38-34-,43-41-,44-42-,45-35-,46-36-,54-50-,56-52-/t83-,84+,85+/m0/s1. The number of rotatable bonds is 78. The predicted molar refractivity (Wildman–Crippen MR) is 445 cm³/mol. The Hall–Kier alpha value is -5.06. The number of carbonyl (C=O) groups excluding carboxylic acids is 4. The van der Waals surface area contributed by atoms with Crippen LogP contribution in [0.3, 0.4) is 0 Å². The summed E-state index contributed by atoms with van der Waals surface area (Å²) in [5.74, 6) is -2.26. The Morgan fingerprint density at radius 3 is 0.759 bits per heavy atom. The number of hydrogen-bond acceptors (Lipinski definition) is 15. The summed E-state index contributed by atoms with van der Waals surface area (Å²) < 4.78 is 68.7. The number of unbranched alkanes of at least 4 members (excludes halogenated alkanes) is 28. The van der Waals surface area contributed by atoms with E-state index in [1.54, 1.807) is 0 Å². The number of aliphatic hydroxyl groups is 1. The number of ether oxygens (including phenoxy) is 4. The summed E-state index contributed by atoms with van der Waals surface area (Å²) in [7, 11) is -10.00. The van der Waals surface area contributed by atoms with Gasteiger partial charge >= 0.3 is 39.5 Å². The maximum absolute atomic E-state index is 13.1. The van der Waals surface area contributed by atoms with Gasteiger partial charge in [-0.1, -0.05) is 289 Å². The number of carbonyl (C=O) groups is 4. The molecule has 0 aromatic carbocycles. The monoisotopic (exact) mass is 1550 g/mol. The number of phosphoric ester groups is 2. The first-order chi connectivity index (χ1) is 52.7. The zero-order chi connectivity index (χ0) is 78.9. The minimum Gasteiger partial charge on any atom is -0.462 e. The third kappa shape index (κ3) is 79.0. The first-order valence-electron chi connectivity index (χ1n) is 42.1. The first-order valence-corrected chi connectivity index (χ1v) is 45.1. The molecule has 0 radical (unpaired) electrons. The second-order valence-electron chi connectivity index (χ2n) is 27.6. The van der Waals surface area contributed by atoms with Crippen molar-refractivity contribution in [2.75, 3.05) is 39.6 Å². The van der Waals surface area contributed by atoms with E-state index in [4.69, 9.17) is 37.0 Å². The Morgan fingerprint density at radius 2 is 0.481 bits per heavy atom. The van der Waals surface area contributed by atoms with Crippen LogP contribution in [0.1, 0.15) is 336 Å². The molecule has 0 aliphatic heterocycles. The lowest BCUT2D eigenvalue weighted by atomic mass is 10.1. The number of hydrogen-bond donors (Lipinski definition) is 3. The molecule has 618 valence electrons. The third-order valence-corrected chi connectivity index (χ3v) is 19.2. The zero-order valence-electron chi connectivity index (χ0n) is 67.7. The highest BCUT2D eigenvalue weighted by atomic mass is 31.2. The Balaban J connectivity index is 5.46. The van der Waals surface area contributed by atoms with Crippen molar-refractivity contribution in [3.63, 3.8) is 0 Å². The van der Waals surface area contributed by atoms with E-state index >= 15 is 0 Å². The SMILES string of the molecule is CC/C=C\C/C=C\C/C=C\C/C=C\C/C=C\CCCCCC(=O)OC[C@H](COP(=O)(O)OC[C@@H](O)COP(=O)(O)OC[C@@H](COC(=O)CCCCCCC/C=C\CCCCCCCC)OC(=O)CCCCCCC/C=C\CCCCCCCC)OC(=O)CCCCC/C=C\C/C=C\C/C=C\C/C=C\C/C=C\CC. The molecule has 5 atom stereocenters. The molecule has 0 heterocycles. The quantitative estimate of drug-likeness (QED) is 0.0169. The lowest BCUT2D eigenvalue weighted by Gasteiger charge is -2.21. The highest BCUT2D eigenvalue weighted by Gasteiger charge is 2.30. The number of phosphoric acid groups is 2. The van der Waals surface area contributed by atoms with Crippen LogP contribution in [-0.4, -0.2) is 96.7 Å². The van der Waals surface area contributed by atoms with Gasteiger partial charge in [-0.05, 0) is 167 Å². The first kappa shape index (κ1) is 103. The van der Waals surface area contributed by atoms with Crippen molar-refractivity contribution in [3.05, 3.63) is 146 Å². The maximum Gasteiger partial charge on any atom is 0.472 e. The van der Waals surface area contributed by atoms with Crippen molar-refractivity contribution in [1.29, 1.82) is 0 Å². The van der Waals surface area contributed by atoms with E-state index in [0.29, 0.717) is 25.7 Å². The van der Waals surface area contributed by atoms with Crippen LogP contribution in [0, 0.1) is 0 Å². The van der Waals surface area contributed by atoms with Gasteiger partial charge in [-0.2, -0.15) is 0 Å². The minimum atomic E-state index is -5.00. The van der Waals surface area contributed by atoms with Crippen molar-refractivity contribution in [3.8, 4) is 0 Å². The van der Waals surface area contributed by atoms with E-state index in [2.05, 4.69) is 174 Å². The van der Waals surface area contributed by atoms with Gasteiger partial charge in [0, 0.05) is 25.7 Å². The third-order valence-electron chi connectivity index (χ3n) is 17.3. The fraction of sp³-hybridized carbons (Fsp3) is 0.685. The Morgan fingerprint density at radius 1 is 0.269 bits per heavy atom. The van der Waals surface area contributed by atoms with Crippen molar-refractivity contribution < 1.29 is 80.2 Å². The van der Waals surface area contributed by atoms with Crippen LogP contribution in [0.4, 0.5) is 0 Å². The van der Waals surface area contributed by atoms with Crippen molar-refractivity contribution in [1.82, 2.24) is 0 Å². The van der Waals surface area contributed by atoms with Crippen LogP contribution in [-0.2, 0) is 65.4 Å². The number of allylic oxidation sites excluding steroid dienone is 24. The van der Waals surface area contributed by atoms with Gasteiger partial charge in [0.2, 0.25) is 0 Å². The lowest BCUT2D eigenvalue weighted by Crippen LogP contribution is -2.30. The molecular weight excluding hydrogens is 1400 g/mol. The zero-order valence-corrected chi connectivity index (χ0v) is 69.5. The summed E-state index contributed by atoms with van der Waals surface area (Å²) in [5.41, 5.74) is 0. The summed E-state index contributed by atoms with van der Waals surface area (Å²) >= 11 is 0. The van der Waals surface area contributed by atoms with Crippen LogP contribution in [0.2, 0.25) is 0 Å². The second-order valence-corrected chi connectivity index (χ2v) is 30.6. The summed E-state index contributed by atoms with van der Waals surface area (Å²) in [6, 6.07) is 0. The molecule has 0 aliphatic rings. The molecule has 0 aromatic heterocycles. The lowest BCUT2D eigenvalue weighted by molar-refractivity contribution is -0.161. The molecule has 3 N–H and O–H groups in total. The topological polar surface area (TPSA) is 237 Å². The van der Waals surface area contributed by atoms with Gasteiger partial charge < -0.3 is 33.8 Å². The van der Waals surface area contributed by atoms with Crippen LogP contribution in [0.5, 0.6) is 0 Å². The molecule has 0 amide bonds. The van der Waals surface area contributed by atoms with Crippen LogP contribution in [0.15, 0.2) is 146 Å². The van der Waals surface area contributed by atoms with E-state index < -0.39 is 97.5 Å². The molecule has 0 fully saturated rings. The van der Waals surface area contributed by atoms with Gasteiger partial charge in [-0.15, -0.1) is 0 Å². The Kier molecular flexibility index (Phi) is 76.3. The molecule has 0 rings (SSSR count). The van der Waals surface area contributed by atoms with E-state index in [-0.39, 0.29) is 25.7 Å². The average Bonchev–Trinajstić information content (AvgIpc) is 0.896. The van der Waals surface area contributed by atoms with Crippen molar-refractivity contribution in [2.24, 2.45) is 0 Å². The van der Waals surface area contributed by atoms with E-state index in [9.17, 15) is 43.2 Å². The van der Waals surface area contributed by atoms with Crippen LogP contribution >= 0.6 is 15.6 Å². The molecule has 17 nitrogen and oxygen atoms in total. The molecule has 0 aliphatic carbocycles. The fourth-order valence-corrected chi connectivity index (χ4v) is 12.5. The minimum absolute atomic E-state index is 0.0432. The molecule has 2 unspecified atom stereocenters. The number of esters is 4. The fourth-order valence-electron chi connectivity index (χ4n) is 10.9. The smallest absolute Gasteiger partial charge is 0.462 e. The summed E-state index contributed by atoms with van der Waals surface area (Å²) in [6.07, 6.45) is 92.4. The van der Waals surface area contributed by atoms with Crippen molar-refractivity contribution in [2.45, 2.75) is 354 Å². The summed E-state index contributed by atoms with van der Waals surface area (Å²) in [6.45, 7) is 4.57. The second kappa shape index (κ2) is 80.0. The molecule has 0 bridgehead atoms. The average molecular weight is 1550 g/mol. The maximum atomic E-state index is 13.1. The van der Waals surface area contributed by atoms with Gasteiger partial charge in [-0.3, -0.25) is 37.3 Å². The molecule has 0 spiro atoms. The van der Waals surface area contributed by atoms with Gasteiger partial charge in [0.25, 0.3) is 0 Å². The largest absolute Gasteiger partial charge is 0.472 e. The van der Waals surface area contributed by atoms with Crippen LogP contribution in [0.25, 0.3) is 0 Å². The predicted octanol–water partition coefficient (Wildman–Crippen LogP) is 25.0. The van der Waals surface area contributed by atoms with Gasteiger partial charge in [-0.25, -0.2) is 9.13 Å². The van der Waals surface area contributed by atoms with Gasteiger partial charge in [0.05, 0.1) is 26.4 Å².